The fourth-order valence-electron chi connectivity index (χ4n) is 1.17. The first-order chi connectivity index (χ1) is 8.15. The molecule has 0 aliphatic heterocycles. The minimum atomic E-state index is -0.551. The molecular formula is C10H13N3O4. The van der Waals surface area contributed by atoms with E-state index in [2.05, 4.69) is 10.6 Å². The Hall–Kier alpha value is -2.15. The Bertz CT molecular complexity index is 408. The van der Waals surface area contributed by atoms with Crippen molar-refractivity contribution in [3.8, 4) is 0 Å². The molecule has 0 saturated carbocycles. The molecule has 1 rings (SSSR count). The molecule has 1 aromatic rings. The molecule has 2 amide bonds. The molecule has 17 heavy (non-hydrogen) atoms. The van der Waals surface area contributed by atoms with E-state index >= 15 is 0 Å². The molecule has 0 aliphatic carbocycles. The molecule has 1 aromatic carbocycles. The number of hydrogen-bond donors (Lipinski definition) is 2. The van der Waals surface area contributed by atoms with Gasteiger partial charge in [-0.3, -0.25) is 10.1 Å². The van der Waals surface area contributed by atoms with Gasteiger partial charge in [-0.15, -0.1) is 0 Å². The number of methoxy groups -OCH3 is 1. The monoisotopic (exact) mass is 239 g/mol. The maximum Gasteiger partial charge on any atom is 0.319 e. The van der Waals surface area contributed by atoms with Gasteiger partial charge >= 0.3 is 6.03 Å². The third-order valence-corrected chi connectivity index (χ3v) is 1.94. The average molecular weight is 239 g/mol. The lowest BCUT2D eigenvalue weighted by molar-refractivity contribution is -0.383. The third kappa shape index (κ3) is 4.07. The van der Waals surface area contributed by atoms with Gasteiger partial charge in [-0.25, -0.2) is 4.79 Å². The van der Waals surface area contributed by atoms with Crippen molar-refractivity contribution in [1.82, 2.24) is 5.32 Å². The quantitative estimate of drug-likeness (QED) is 0.461. The summed E-state index contributed by atoms with van der Waals surface area (Å²) in [6.07, 6.45) is 0. The van der Waals surface area contributed by atoms with Crippen LogP contribution in [0.15, 0.2) is 24.3 Å². The van der Waals surface area contributed by atoms with Gasteiger partial charge in [0.1, 0.15) is 5.69 Å². The van der Waals surface area contributed by atoms with Gasteiger partial charge in [0, 0.05) is 19.7 Å². The predicted molar refractivity (Wildman–Crippen MR) is 62.0 cm³/mol. The zero-order valence-corrected chi connectivity index (χ0v) is 9.30. The molecule has 7 heteroatoms. The Morgan fingerprint density at radius 3 is 2.82 bits per heavy atom. The maximum absolute atomic E-state index is 11.4. The highest BCUT2D eigenvalue weighted by Crippen LogP contribution is 2.22. The fraction of sp³-hybridized carbons (Fsp3) is 0.300. The first kappa shape index (κ1) is 12.9. The number of hydrogen-bond acceptors (Lipinski definition) is 4. The number of urea groups is 1. The first-order valence-corrected chi connectivity index (χ1v) is 4.92. The molecule has 2 N–H and O–H groups in total. The van der Waals surface area contributed by atoms with E-state index in [1.165, 1.54) is 25.3 Å². The van der Waals surface area contributed by atoms with Crippen LogP contribution in [0.5, 0.6) is 0 Å². The van der Waals surface area contributed by atoms with Crippen molar-refractivity contribution >= 4 is 17.4 Å². The molecule has 0 fully saturated rings. The second-order valence-corrected chi connectivity index (χ2v) is 3.15. The summed E-state index contributed by atoms with van der Waals surface area (Å²) in [6.45, 7) is 0.716. The number of benzene rings is 1. The standard InChI is InChI=1S/C10H13N3O4/c1-17-7-6-11-10(14)12-8-4-2-3-5-9(8)13(15)16/h2-5H,6-7H2,1H3,(H2,11,12,14). The molecule has 0 heterocycles. The van der Waals surface area contributed by atoms with Gasteiger partial charge in [-0.1, -0.05) is 12.1 Å². The minimum Gasteiger partial charge on any atom is -0.383 e. The van der Waals surface area contributed by atoms with E-state index in [1.54, 1.807) is 6.07 Å². The van der Waals surface area contributed by atoms with Crippen molar-refractivity contribution in [3.63, 3.8) is 0 Å². The molecule has 0 radical (unpaired) electrons. The van der Waals surface area contributed by atoms with Crippen molar-refractivity contribution in [3.05, 3.63) is 34.4 Å². The van der Waals surface area contributed by atoms with Crippen molar-refractivity contribution in [2.45, 2.75) is 0 Å². The molecule has 92 valence electrons. The van der Waals surface area contributed by atoms with Gasteiger partial charge in [0.25, 0.3) is 5.69 Å². The second kappa shape index (κ2) is 6.44. The van der Waals surface area contributed by atoms with Crippen LogP contribution in [0, 0.1) is 10.1 Å². The molecule has 0 atom stereocenters. The molecule has 0 aliphatic rings. The van der Waals surface area contributed by atoms with Gasteiger partial charge in [0.2, 0.25) is 0 Å². The highest BCUT2D eigenvalue weighted by atomic mass is 16.6. The number of anilines is 1. The Balaban J connectivity index is 2.61. The highest BCUT2D eigenvalue weighted by molar-refractivity contribution is 5.91. The van der Waals surface area contributed by atoms with Crippen molar-refractivity contribution in [2.24, 2.45) is 0 Å². The van der Waals surface area contributed by atoms with Crippen LogP contribution < -0.4 is 10.6 Å². The number of para-hydroxylation sites is 2. The Morgan fingerprint density at radius 2 is 2.18 bits per heavy atom. The first-order valence-electron chi connectivity index (χ1n) is 4.92. The number of nitro groups is 1. The average Bonchev–Trinajstić information content (AvgIpc) is 2.29. The number of rotatable bonds is 5. The number of ether oxygens (including phenoxy) is 1. The lowest BCUT2D eigenvalue weighted by Crippen LogP contribution is -2.31. The number of amides is 2. The molecular weight excluding hydrogens is 226 g/mol. The number of nitrogens with one attached hydrogen (secondary N) is 2. The summed E-state index contributed by atoms with van der Waals surface area (Å²) >= 11 is 0. The minimum absolute atomic E-state index is 0.144. The zero-order chi connectivity index (χ0) is 12.7. The number of nitrogens with zero attached hydrogens (tertiary/aromatic N) is 1. The van der Waals surface area contributed by atoms with Crippen LogP contribution in [0.3, 0.4) is 0 Å². The smallest absolute Gasteiger partial charge is 0.319 e. The Kier molecular flexibility index (Phi) is 4.89. The number of carbonyl (C=O) groups excluding carboxylic acids is 1. The van der Waals surface area contributed by atoms with Gasteiger partial charge in [-0.05, 0) is 6.07 Å². The normalized spacial score (nSPS) is 9.71. The summed E-state index contributed by atoms with van der Waals surface area (Å²) in [4.78, 5) is 21.5. The Morgan fingerprint density at radius 1 is 1.47 bits per heavy atom. The van der Waals surface area contributed by atoms with Crippen LogP contribution in [-0.2, 0) is 4.74 Å². The van der Waals surface area contributed by atoms with Crippen molar-refractivity contribution in [2.75, 3.05) is 25.6 Å². The summed E-state index contributed by atoms with van der Waals surface area (Å²) < 4.78 is 4.75. The summed E-state index contributed by atoms with van der Waals surface area (Å²) in [5, 5.41) is 15.6. The molecule has 0 spiro atoms. The molecule has 0 saturated heterocycles. The summed E-state index contributed by atoms with van der Waals surface area (Å²) in [7, 11) is 1.52. The van der Waals surface area contributed by atoms with Crippen LogP contribution in [0.25, 0.3) is 0 Å². The summed E-state index contributed by atoms with van der Waals surface area (Å²) in [5.74, 6) is 0. The van der Waals surface area contributed by atoms with Gasteiger partial charge in [0.05, 0.1) is 11.5 Å². The van der Waals surface area contributed by atoms with Crippen molar-refractivity contribution < 1.29 is 14.5 Å². The molecule has 0 unspecified atom stereocenters. The van der Waals surface area contributed by atoms with Gasteiger partial charge in [-0.2, -0.15) is 0 Å². The lowest BCUT2D eigenvalue weighted by Gasteiger charge is -2.07. The van der Waals surface area contributed by atoms with E-state index in [9.17, 15) is 14.9 Å². The van der Waals surface area contributed by atoms with Gasteiger partial charge in [0.15, 0.2) is 0 Å². The van der Waals surface area contributed by atoms with Gasteiger partial charge < -0.3 is 15.4 Å². The topological polar surface area (TPSA) is 93.5 Å². The van der Waals surface area contributed by atoms with Crippen LogP contribution >= 0.6 is 0 Å². The summed E-state index contributed by atoms with van der Waals surface area (Å²) in [5.41, 5.74) is 0.0156. The van der Waals surface area contributed by atoms with E-state index in [0.29, 0.717) is 13.2 Å². The van der Waals surface area contributed by atoms with E-state index in [-0.39, 0.29) is 11.4 Å². The third-order valence-electron chi connectivity index (χ3n) is 1.94. The van der Waals surface area contributed by atoms with Crippen LogP contribution in [-0.4, -0.2) is 31.2 Å². The van der Waals surface area contributed by atoms with Crippen molar-refractivity contribution in [1.29, 1.82) is 0 Å². The van der Waals surface area contributed by atoms with Crippen LogP contribution in [0.1, 0.15) is 0 Å². The SMILES string of the molecule is COCCNC(=O)Nc1ccccc1[N+](=O)[O-]. The predicted octanol–water partition coefficient (Wildman–Crippen LogP) is 1.36. The Labute approximate surface area is 97.9 Å². The zero-order valence-electron chi connectivity index (χ0n) is 9.30. The van der Waals surface area contributed by atoms with Crippen LogP contribution in [0.4, 0.5) is 16.2 Å². The highest BCUT2D eigenvalue weighted by Gasteiger charge is 2.13. The molecule has 7 nitrogen and oxygen atoms in total. The lowest BCUT2D eigenvalue weighted by atomic mass is 10.3. The van der Waals surface area contributed by atoms with E-state index in [4.69, 9.17) is 4.74 Å². The molecule has 0 bridgehead atoms. The second-order valence-electron chi connectivity index (χ2n) is 3.15. The van der Waals surface area contributed by atoms with Crippen LogP contribution in [0.2, 0.25) is 0 Å². The molecule has 0 aromatic heterocycles. The van der Waals surface area contributed by atoms with E-state index in [1.807, 2.05) is 0 Å². The van der Waals surface area contributed by atoms with E-state index < -0.39 is 11.0 Å². The largest absolute Gasteiger partial charge is 0.383 e. The fourth-order valence-corrected chi connectivity index (χ4v) is 1.17. The number of nitro benzene ring substituents is 1. The summed E-state index contributed by atoms with van der Waals surface area (Å²) in [6, 6.07) is 5.43. The van der Waals surface area contributed by atoms with E-state index in [0.717, 1.165) is 0 Å². The number of carbonyl (C=O) groups is 1. The maximum atomic E-state index is 11.4.